The Morgan fingerprint density at radius 3 is 2.81 bits per heavy atom. The van der Waals surface area contributed by atoms with E-state index in [0.717, 1.165) is 40.8 Å². The second-order valence-electron chi connectivity index (χ2n) is 8.00. The van der Waals surface area contributed by atoms with E-state index in [1.165, 1.54) is 4.31 Å². The molecule has 5 rings (SSSR count). The maximum Gasteiger partial charge on any atom is 0.251 e. The Kier molecular flexibility index (Phi) is 5.04. The van der Waals surface area contributed by atoms with E-state index in [-0.39, 0.29) is 16.8 Å². The molecule has 0 saturated carbocycles. The molecule has 0 radical (unpaired) electrons. The zero-order valence-electron chi connectivity index (χ0n) is 17.2. The quantitative estimate of drug-likeness (QED) is 0.648. The number of hydrogen-bond donors (Lipinski definition) is 2. The summed E-state index contributed by atoms with van der Waals surface area (Å²) >= 11 is 0. The molecule has 8 nitrogen and oxygen atoms in total. The van der Waals surface area contributed by atoms with E-state index in [2.05, 4.69) is 15.3 Å². The molecule has 1 amide bonds. The predicted octanol–water partition coefficient (Wildman–Crippen LogP) is 2.31. The Balaban J connectivity index is 1.39. The molecule has 2 aliphatic rings. The number of fused-ring (bicyclic) bond motifs is 2. The topological polar surface area (TPSA) is 104 Å². The van der Waals surface area contributed by atoms with Gasteiger partial charge < -0.3 is 15.0 Å². The minimum Gasteiger partial charge on any atom is -0.379 e. The highest BCUT2D eigenvalue weighted by Gasteiger charge is 2.30. The van der Waals surface area contributed by atoms with Crippen LogP contribution in [-0.4, -0.2) is 54.9 Å². The second-order valence-corrected chi connectivity index (χ2v) is 9.93. The first kappa shape index (κ1) is 20.2. The van der Waals surface area contributed by atoms with E-state index in [1.54, 1.807) is 24.3 Å². The smallest absolute Gasteiger partial charge is 0.251 e. The van der Waals surface area contributed by atoms with E-state index in [4.69, 9.17) is 4.74 Å². The molecule has 162 valence electrons. The van der Waals surface area contributed by atoms with Crippen molar-refractivity contribution in [2.45, 2.75) is 30.7 Å². The average Bonchev–Trinajstić information content (AvgIpc) is 3.35. The molecule has 0 spiro atoms. The number of rotatable bonds is 4. The summed E-state index contributed by atoms with van der Waals surface area (Å²) in [6.07, 6.45) is 1.55. The van der Waals surface area contributed by atoms with Crippen molar-refractivity contribution in [2.75, 3.05) is 26.3 Å². The lowest BCUT2D eigenvalue weighted by Gasteiger charge is -2.26. The number of H-pyrrole nitrogens is 1. The molecule has 1 aliphatic heterocycles. The Labute approximate surface area is 180 Å². The van der Waals surface area contributed by atoms with Gasteiger partial charge in [-0.15, -0.1) is 0 Å². The Morgan fingerprint density at radius 1 is 1.19 bits per heavy atom. The molecule has 1 saturated heterocycles. The molecule has 31 heavy (non-hydrogen) atoms. The van der Waals surface area contributed by atoms with Crippen molar-refractivity contribution >= 4 is 27.0 Å². The van der Waals surface area contributed by atoms with Crippen molar-refractivity contribution in [2.24, 2.45) is 0 Å². The summed E-state index contributed by atoms with van der Waals surface area (Å²) < 4.78 is 32.8. The molecular formula is C22H24N4O4S. The Hall–Kier alpha value is -2.75. The molecule has 1 atom stereocenters. The van der Waals surface area contributed by atoms with Crippen LogP contribution >= 0.6 is 0 Å². The third-order valence-corrected chi connectivity index (χ3v) is 7.87. The van der Waals surface area contributed by atoms with Crippen LogP contribution in [0, 0.1) is 6.92 Å². The minimum atomic E-state index is -3.58. The fourth-order valence-corrected chi connectivity index (χ4v) is 5.79. The van der Waals surface area contributed by atoms with Gasteiger partial charge in [-0.05, 0) is 61.2 Å². The van der Waals surface area contributed by atoms with Gasteiger partial charge >= 0.3 is 0 Å². The first-order chi connectivity index (χ1) is 14.9. The number of ether oxygens (including phenoxy) is 1. The van der Waals surface area contributed by atoms with E-state index < -0.39 is 10.0 Å². The lowest BCUT2D eigenvalue weighted by Crippen LogP contribution is -2.40. The molecule has 1 fully saturated rings. The van der Waals surface area contributed by atoms with Crippen molar-refractivity contribution < 1.29 is 17.9 Å². The number of hydrogen-bond acceptors (Lipinski definition) is 5. The number of nitrogens with zero attached hydrogens (tertiary/aromatic N) is 2. The fraction of sp³-hybridized carbons (Fsp3) is 0.364. The van der Waals surface area contributed by atoms with E-state index >= 15 is 0 Å². The second kappa shape index (κ2) is 7.74. The number of imidazole rings is 1. The Bertz CT molecular complexity index is 1260. The van der Waals surface area contributed by atoms with E-state index in [0.29, 0.717) is 31.9 Å². The highest BCUT2D eigenvalue weighted by atomic mass is 32.2. The molecule has 1 aromatic heterocycles. The maximum atomic E-state index is 13.0. The third kappa shape index (κ3) is 3.73. The lowest BCUT2D eigenvalue weighted by atomic mass is 10.1. The number of aromatic amines is 1. The van der Waals surface area contributed by atoms with Crippen LogP contribution in [0.25, 0.3) is 11.0 Å². The summed E-state index contributed by atoms with van der Waals surface area (Å²) in [6, 6.07) is 10.4. The molecule has 2 N–H and O–H groups in total. The molecule has 9 heteroatoms. The van der Waals surface area contributed by atoms with Gasteiger partial charge in [0.25, 0.3) is 5.91 Å². The van der Waals surface area contributed by atoms with Gasteiger partial charge in [0.1, 0.15) is 5.82 Å². The number of aromatic nitrogens is 2. The van der Waals surface area contributed by atoms with Crippen molar-refractivity contribution in [3.05, 3.63) is 58.9 Å². The first-order valence-corrected chi connectivity index (χ1v) is 11.8. The van der Waals surface area contributed by atoms with Crippen molar-refractivity contribution in [1.82, 2.24) is 19.6 Å². The predicted molar refractivity (Wildman–Crippen MR) is 115 cm³/mol. The molecular weight excluding hydrogens is 416 g/mol. The molecule has 3 aromatic rings. The molecule has 1 unspecified atom stereocenters. The summed E-state index contributed by atoms with van der Waals surface area (Å²) in [5.74, 6) is 0.611. The number of aryl methyl sites for hydroxylation is 2. The number of nitrogens with one attached hydrogen (secondary N) is 2. The maximum absolute atomic E-state index is 13.0. The molecule has 2 heterocycles. The minimum absolute atomic E-state index is 0.187. The normalized spacial score (nSPS) is 19.5. The Morgan fingerprint density at radius 2 is 2.00 bits per heavy atom. The molecule has 1 aliphatic carbocycles. The van der Waals surface area contributed by atoms with E-state index in [9.17, 15) is 13.2 Å². The van der Waals surface area contributed by atoms with Gasteiger partial charge in [0.05, 0.1) is 35.2 Å². The molecule has 0 bridgehead atoms. The highest BCUT2D eigenvalue weighted by molar-refractivity contribution is 7.89. The van der Waals surface area contributed by atoms with Gasteiger partial charge in [-0.1, -0.05) is 6.07 Å². The van der Waals surface area contributed by atoms with Gasteiger partial charge in [-0.25, -0.2) is 13.4 Å². The number of carbonyl (C=O) groups is 1. The van der Waals surface area contributed by atoms with Crippen LogP contribution in [0.4, 0.5) is 0 Å². The highest BCUT2D eigenvalue weighted by Crippen LogP contribution is 2.34. The summed E-state index contributed by atoms with van der Waals surface area (Å²) in [7, 11) is -3.58. The zero-order chi connectivity index (χ0) is 21.6. The van der Waals surface area contributed by atoms with Gasteiger partial charge in [-0.3, -0.25) is 4.79 Å². The van der Waals surface area contributed by atoms with Gasteiger partial charge in [0.15, 0.2) is 0 Å². The van der Waals surface area contributed by atoms with Crippen LogP contribution in [0.15, 0.2) is 41.3 Å². The van der Waals surface area contributed by atoms with E-state index in [1.807, 2.05) is 19.1 Å². The van der Waals surface area contributed by atoms with Gasteiger partial charge in [-0.2, -0.15) is 4.31 Å². The standard InChI is InChI=1S/C22H24N4O4S/c1-14-23-20-7-4-16(12-21(20)24-14)22(27)25-19-6-3-15-2-5-17(13-18(15)19)31(28,29)26-8-10-30-11-9-26/h2,4-5,7,12-13,19H,3,6,8-11H2,1H3,(H,23,24)(H,25,27). The van der Waals surface area contributed by atoms with Crippen molar-refractivity contribution in [3.8, 4) is 0 Å². The summed E-state index contributed by atoms with van der Waals surface area (Å²) in [5.41, 5.74) is 4.13. The largest absolute Gasteiger partial charge is 0.379 e. The zero-order valence-corrected chi connectivity index (χ0v) is 18.0. The molecule has 2 aromatic carbocycles. The van der Waals surface area contributed by atoms with Crippen LogP contribution in [0.2, 0.25) is 0 Å². The monoisotopic (exact) mass is 440 g/mol. The van der Waals surface area contributed by atoms with Crippen molar-refractivity contribution in [3.63, 3.8) is 0 Å². The number of amides is 1. The van der Waals surface area contributed by atoms with Gasteiger partial charge in [0, 0.05) is 18.7 Å². The number of carbonyl (C=O) groups excluding carboxylic acids is 1. The summed E-state index contributed by atoms with van der Waals surface area (Å²) in [5, 5.41) is 3.08. The summed E-state index contributed by atoms with van der Waals surface area (Å²) in [4.78, 5) is 20.7. The number of morpholine rings is 1. The van der Waals surface area contributed by atoms with Crippen LogP contribution in [0.1, 0.15) is 39.8 Å². The van der Waals surface area contributed by atoms with Crippen LogP contribution in [-0.2, 0) is 21.2 Å². The number of benzene rings is 2. The number of sulfonamides is 1. The van der Waals surface area contributed by atoms with Crippen molar-refractivity contribution in [1.29, 1.82) is 0 Å². The SMILES string of the molecule is Cc1nc2ccc(C(=O)NC3CCc4ccc(S(=O)(=O)N5CCOCC5)cc43)cc2[nH]1. The summed E-state index contributed by atoms with van der Waals surface area (Å²) in [6.45, 7) is 3.40. The fourth-order valence-electron chi connectivity index (χ4n) is 4.35. The third-order valence-electron chi connectivity index (χ3n) is 5.97. The first-order valence-electron chi connectivity index (χ1n) is 10.4. The van der Waals surface area contributed by atoms with Crippen LogP contribution in [0.3, 0.4) is 0 Å². The van der Waals surface area contributed by atoms with Crippen LogP contribution in [0.5, 0.6) is 0 Å². The van der Waals surface area contributed by atoms with Gasteiger partial charge in [0.2, 0.25) is 10.0 Å². The average molecular weight is 441 g/mol. The van der Waals surface area contributed by atoms with Crippen LogP contribution < -0.4 is 5.32 Å². The lowest BCUT2D eigenvalue weighted by molar-refractivity contribution is 0.0730.